The molecule has 7 heteroatoms. The van der Waals surface area contributed by atoms with Crippen LogP contribution in [-0.2, 0) is 7.05 Å². The maximum absolute atomic E-state index is 11.5. The highest BCUT2D eigenvalue weighted by Gasteiger charge is 2.18. The Kier molecular flexibility index (Phi) is 4.56. The molecule has 3 aromatic rings. The van der Waals surface area contributed by atoms with Crippen molar-refractivity contribution in [3.63, 3.8) is 0 Å². The van der Waals surface area contributed by atoms with Gasteiger partial charge in [0.25, 0.3) is 0 Å². The topological polar surface area (TPSA) is 86.5 Å². The fourth-order valence-corrected chi connectivity index (χ4v) is 2.65. The van der Waals surface area contributed by atoms with E-state index in [9.17, 15) is 9.90 Å². The van der Waals surface area contributed by atoms with E-state index < -0.39 is 5.97 Å². The maximum Gasteiger partial charge on any atom is 0.335 e. The number of carboxylic acid groups (broad SMARTS) is 1. The number of hydrogen-bond acceptors (Lipinski definition) is 5. The third-order valence-corrected chi connectivity index (χ3v) is 3.89. The standard InChI is InChI=1S/C18H19N3O4/c1-4-7-25-17-13(8-12(18(22)23)10-16(17)24-3)11-5-6-15-14(9-11)19-20-21(15)2/h5-6,8-10H,4,7H2,1-3H3,(H,22,23). The first-order chi connectivity index (χ1) is 12.0. The molecular weight excluding hydrogens is 322 g/mol. The van der Waals surface area contributed by atoms with Gasteiger partial charge in [-0.3, -0.25) is 0 Å². The highest BCUT2D eigenvalue weighted by Crippen LogP contribution is 2.40. The van der Waals surface area contributed by atoms with Gasteiger partial charge in [-0.1, -0.05) is 18.2 Å². The smallest absolute Gasteiger partial charge is 0.335 e. The van der Waals surface area contributed by atoms with Gasteiger partial charge in [0.15, 0.2) is 11.5 Å². The van der Waals surface area contributed by atoms with Gasteiger partial charge in [0, 0.05) is 12.6 Å². The Balaban J connectivity index is 2.22. The van der Waals surface area contributed by atoms with Gasteiger partial charge >= 0.3 is 5.97 Å². The molecule has 1 heterocycles. The minimum Gasteiger partial charge on any atom is -0.493 e. The number of aryl methyl sites for hydroxylation is 1. The average molecular weight is 341 g/mol. The minimum atomic E-state index is -1.03. The second-order valence-electron chi connectivity index (χ2n) is 5.63. The molecule has 0 fully saturated rings. The highest BCUT2D eigenvalue weighted by atomic mass is 16.5. The van der Waals surface area contributed by atoms with Gasteiger partial charge in [0.05, 0.1) is 24.8 Å². The molecule has 0 aliphatic heterocycles. The molecule has 25 heavy (non-hydrogen) atoms. The summed E-state index contributed by atoms with van der Waals surface area (Å²) in [4.78, 5) is 11.5. The number of aromatic carboxylic acids is 1. The van der Waals surface area contributed by atoms with E-state index in [-0.39, 0.29) is 5.56 Å². The average Bonchev–Trinajstić information content (AvgIpc) is 2.99. The van der Waals surface area contributed by atoms with Gasteiger partial charge in [-0.25, -0.2) is 9.48 Å². The van der Waals surface area contributed by atoms with E-state index in [1.807, 2.05) is 32.2 Å². The van der Waals surface area contributed by atoms with E-state index in [0.717, 1.165) is 23.0 Å². The van der Waals surface area contributed by atoms with E-state index in [0.29, 0.717) is 23.7 Å². The Morgan fingerprint density at radius 3 is 2.76 bits per heavy atom. The molecule has 0 bridgehead atoms. The Morgan fingerprint density at radius 1 is 1.28 bits per heavy atom. The van der Waals surface area contributed by atoms with Crippen LogP contribution in [0.15, 0.2) is 30.3 Å². The molecular formula is C18H19N3O4. The molecule has 0 amide bonds. The molecule has 0 saturated heterocycles. The third kappa shape index (κ3) is 3.13. The highest BCUT2D eigenvalue weighted by molar-refractivity contribution is 5.93. The van der Waals surface area contributed by atoms with Gasteiger partial charge in [0.2, 0.25) is 0 Å². The van der Waals surface area contributed by atoms with Gasteiger partial charge in [0.1, 0.15) is 5.52 Å². The molecule has 0 aliphatic carbocycles. The summed E-state index contributed by atoms with van der Waals surface area (Å²) < 4.78 is 12.9. The zero-order chi connectivity index (χ0) is 18.0. The third-order valence-electron chi connectivity index (χ3n) is 3.89. The van der Waals surface area contributed by atoms with Crippen LogP contribution in [0.4, 0.5) is 0 Å². The van der Waals surface area contributed by atoms with Gasteiger partial charge in [-0.05, 0) is 36.2 Å². The molecule has 2 aromatic carbocycles. The van der Waals surface area contributed by atoms with Crippen molar-refractivity contribution < 1.29 is 19.4 Å². The zero-order valence-electron chi connectivity index (χ0n) is 14.3. The SMILES string of the molecule is CCCOc1c(OC)cc(C(=O)O)cc1-c1ccc2c(c1)nnn2C. The lowest BCUT2D eigenvalue weighted by Gasteiger charge is -2.16. The summed E-state index contributed by atoms with van der Waals surface area (Å²) in [5, 5.41) is 17.5. The van der Waals surface area contributed by atoms with Crippen LogP contribution in [0.5, 0.6) is 11.5 Å². The maximum atomic E-state index is 11.5. The summed E-state index contributed by atoms with van der Waals surface area (Å²) in [5.41, 5.74) is 3.19. The van der Waals surface area contributed by atoms with E-state index in [2.05, 4.69) is 10.3 Å². The van der Waals surface area contributed by atoms with E-state index in [1.165, 1.54) is 13.2 Å². The van der Waals surface area contributed by atoms with Crippen LogP contribution in [0.25, 0.3) is 22.2 Å². The van der Waals surface area contributed by atoms with Crippen molar-refractivity contribution >= 4 is 17.0 Å². The fraction of sp³-hybridized carbons (Fsp3) is 0.278. The molecule has 0 atom stereocenters. The summed E-state index contributed by atoms with van der Waals surface area (Å²) >= 11 is 0. The predicted molar refractivity (Wildman–Crippen MR) is 93.2 cm³/mol. The lowest BCUT2D eigenvalue weighted by Crippen LogP contribution is -2.03. The number of aromatic nitrogens is 3. The summed E-state index contributed by atoms with van der Waals surface area (Å²) in [5.74, 6) is -0.109. The number of fused-ring (bicyclic) bond motifs is 1. The quantitative estimate of drug-likeness (QED) is 0.741. The zero-order valence-corrected chi connectivity index (χ0v) is 14.3. The second kappa shape index (κ2) is 6.80. The van der Waals surface area contributed by atoms with Crippen LogP contribution in [0.3, 0.4) is 0 Å². The number of benzene rings is 2. The van der Waals surface area contributed by atoms with E-state index >= 15 is 0 Å². The van der Waals surface area contributed by atoms with E-state index in [4.69, 9.17) is 9.47 Å². The molecule has 0 aliphatic rings. The molecule has 3 rings (SSSR count). The Bertz CT molecular complexity index is 933. The van der Waals surface area contributed by atoms with Gasteiger partial charge < -0.3 is 14.6 Å². The number of carboxylic acids is 1. The number of methoxy groups -OCH3 is 1. The van der Waals surface area contributed by atoms with Crippen LogP contribution < -0.4 is 9.47 Å². The molecule has 0 unspecified atom stereocenters. The lowest BCUT2D eigenvalue weighted by atomic mass is 10.0. The summed E-state index contributed by atoms with van der Waals surface area (Å²) in [6.07, 6.45) is 0.826. The molecule has 0 radical (unpaired) electrons. The normalized spacial score (nSPS) is 10.8. The number of hydrogen-bond donors (Lipinski definition) is 1. The molecule has 1 N–H and O–H groups in total. The Labute approximate surface area is 144 Å². The number of nitrogens with zero attached hydrogens (tertiary/aromatic N) is 3. The van der Waals surface area contributed by atoms with Crippen molar-refractivity contribution in [2.75, 3.05) is 13.7 Å². The van der Waals surface area contributed by atoms with Gasteiger partial charge in [-0.15, -0.1) is 5.10 Å². The predicted octanol–water partition coefficient (Wildman–Crippen LogP) is 3.13. The van der Waals surface area contributed by atoms with Crippen LogP contribution in [0.2, 0.25) is 0 Å². The van der Waals surface area contributed by atoms with Crippen molar-refractivity contribution in [3.8, 4) is 22.6 Å². The molecule has 0 spiro atoms. The molecule has 1 aromatic heterocycles. The molecule has 0 saturated carbocycles. The van der Waals surface area contributed by atoms with Crippen LogP contribution in [-0.4, -0.2) is 39.8 Å². The summed E-state index contributed by atoms with van der Waals surface area (Å²) in [6.45, 7) is 2.51. The first-order valence-electron chi connectivity index (χ1n) is 7.93. The van der Waals surface area contributed by atoms with Crippen molar-refractivity contribution in [2.45, 2.75) is 13.3 Å². The minimum absolute atomic E-state index is 0.134. The summed E-state index contributed by atoms with van der Waals surface area (Å²) in [7, 11) is 3.31. The molecule has 7 nitrogen and oxygen atoms in total. The van der Waals surface area contributed by atoms with Crippen LogP contribution >= 0.6 is 0 Å². The largest absolute Gasteiger partial charge is 0.493 e. The van der Waals surface area contributed by atoms with Crippen molar-refractivity contribution in [2.24, 2.45) is 7.05 Å². The number of carbonyl (C=O) groups is 1. The Hall–Kier alpha value is -3.09. The number of rotatable bonds is 6. The van der Waals surface area contributed by atoms with E-state index in [1.54, 1.807) is 10.7 Å². The van der Waals surface area contributed by atoms with Crippen molar-refractivity contribution in [1.82, 2.24) is 15.0 Å². The first kappa shape index (κ1) is 16.8. The Morgan fingerprint density at radius 2 is 2.08 bits per heavy atom. The van der Waals surface area contributed by atoms with Gasteiger partial charge in [-0.2, -0.15) is 0 Å². The number of ether oxygens (including phenoxy) is 2. The first-order valence-corrected chi connectivity index (χ1v) is 7.93. The monoisotopic (exact) mass is 341 g/mol. The van der Waals surface area contributed by atoms with Crippen LogP contribution in [0, 0.1) is 0 Å². The summed E-state index contributed by atoms with van der Waals surface area (Å²) in [6, 6.07) is 8.71. The molecule has 130 valence electrons. The van der Waals surface area contributed by atoms with Crippen LogP contribution in [0.1, 0.15) is 23.7 Å². The fourth-order valence-electron chi connectivity index (χ4n) is 2.65. The lowest BCUT2D eigenvalue weighted by molar-refractivity contribution is 0.0696. The van der Waals surface area contributed by atoms with Crippen molar-refractivity contribution in [3.05, 3.63) is 35.9 Å². The second-order valence-corrected chi connectivity index (χ2v) is 5.63. The van der Waals surface area contributed by atoms with Crippen molar-refractivity contribution in [1.29, 1.82) is 0 Å².